The van der Waals surface area contributed by atoms with Gasteiger partial charge in [0.05, 0.1) is 5.56 Å². The lowest BCUT2D eigenvalue weighted by molar-refractivity contribution is 0.0688. The third-order valence-corrected chi connectivity index (χ3v) is 5.06. The fourth-order valence-corrected chi connectivity index (χ4v) is 3.42. The molecule has 1 atom stereocenters. The molecule has 110 valence electrons. The maximum absolute atomic E-state index is 12.8. The molecule has 20 heavy (non-hydrogen) atoms. The Bertz CT molecular complexity index is 487. The van der Waals surface area contributed by atoms with E-state index in [4.69, 9.17) is 0 Å². The van der Waals surface area contributed by atoms with Gasteiger partial charge in [-0.25, -0.2) is 0 Å². The quantitative estimate of drug-likeness (QED) is 0.710. The largest absolute Gasteiger partial charge is 0.335 e. The summed E-state index contributed by atoms with van der Waals surface area (Å²) in [6.07, 6.45) is 2.37. The Morgan fingerprint density at radius 2 is 2.30 bits per heavy atom. The number of halogens is 2. The first kappa shape index (κ1) is 16.2. The van der Waals surface area contributed by atoms with Gasteiger partial charge in [-0.05, 0) is 74.0 Å². The van der Waals surface area contributed by atoms with Crippen molar-refractivity contribution >= 4 is 44.4 Å². The van der Waals surface area contributed by atoms with Crippen molar-refractivity contribution < 1.29 is 4.79 Å². The molecule has 2 rings (SSSR count). The minimum absolute atomic E-state index is 0.124. The molecule has 0 aliphatic carbocycles. The van der Waals surface area contributed by atoms with Crippen molar-refractivity contribution in [2.24, 2.45) is 0 Å². The standard InChI is InChI=1S/C15H20BrIN2O/c1-10(2)19(9-12-4-3-7-18-12)15(20)13-8-11(16)5-6-14(13)17/h5-6,8,10,12,18H,3-4,7,9H2,1-2H3. The lowest BCUT2D eigenvalue weighted by Crippen LogP contribution is -2.45. The summed E-state index contributed by atoms with van der Waals surface area (Å²) in [4.78, 5) is 14.8. The second-order valence-electron chi connectivity index (χ2n) is 5.47. The predicted molar refractivity (Wildman–Crippen MR) is 94.1 cm³/mol. The zero-order valence-electron chi connectivity index (χ0n) is 11.8. The van der Waals surface area contributed by atoms with E-state index in [9.17, 15) is 4.79 Å². The summed E-state index contributed by atoms with van der Waals surface area (Å²) in [5.41, 5.74) is 0.784. The van der Waals surface area contributed by atoms with Crippen molar-refractivity contribution in [2.45, 2.75) is 38.8 Å². The zero-order valence-corrected chi connectivity index (χ0v) is 15.6. The van der Waals surface area contributed by atoms with Crippen molar-refractivity contribution in [3.8, 4) is 0 Å². The molecule has 1 aromatic carbocycles. The summed E-state index contributed by atoms with van der Waals surface area (Å²) < 4.78 is 1.95. The first-order chi connectivity index (χ1) is 9.49. The molecule has 0 aromatic heterocycles. The summed E-state index contributed by atoms with van der Waals surface area (Å²) in [7, 11) is 0. The Morgan fingerprint density at radius 1 is 1.55 bits per heavy atom. The summed E-state index contributed by atoms with van der Waals surface area (Å²) in [5.74, 6) is 0.124. The molecule has 1 amide bonds. The van der Waals surface area contributed by atoms with Crippen LogP contribution in [0.2, 0.25) is 0 Å². The van der Waals surface area contributed by atoms with E-state index in [0.29, 0.717) is 6.04 Å². The number of hydrogen-bond acceptors (Lipinski definition) is 2. The minimum Gasteiger partial charge on any atom is -0.335 e. The van der Waals surface area contributed by atoms with Gasteiger partial charge in [-0.1, -0.05) is 15.9 Å². The van der Waals surface area contributed by atoms with Crippen LogP contribution < -0.4 is 5.32 Å². The molecule has 5 heteroatoms. The van der Waals surface area contributed by atoms with Gasteiger partial charge in [0.15, 0.2) is 0 Å². The number of carbonyl (C=O) groups excluding carboxylic acids is 1. The van der Waals surface area contributed by atoms with Gasteiger partial charge in [-0.2, -0.15) is 0 Å². The van der Waals surface area contributed by atoms with E-state index in [1.165, 1.54) is 6.42 Å². The Hall–Kier alpha value is -0.140. The number of nitrogens with one attached hydrogen (secondary N) is 1. The fraction of sp³-hybridized carbons (Fsp3) is 0.533. The topological polar surface area (TPSA) is 32.3 Å². The normalized spacial score (nSPS) is 18.6. The van der Waals surface area contributed by atoms with E-state index in [1.807, 2.05) is 23.1 Å². The smallest absolute Gasteiger partial charge is 0.255 e. The van der Waals surface area contributed by atoms with Gasteiger partial charge < -0.3 is 10.2 Å². The molecule has 1 aromatic rings. The van der Waals surface area contributed by atoms with Gasteiger partial charge in [-0.15, -0.1) is 0 Å². The molecule has 1 N–H and O–H groups in total. The van der Waals surface area contributed by atoms with E-state index in [2.05, 4.69) is 57.7 Å². The molecule has 0 radical (unpaired) electrons. The first-order valence-corrected chi connectivity index (χ1v) is 8.85. The molecule has 0 bridgehead atoms. The van der Waals surface area contributed by atoms with Gasteiger partial charge in [0.2, 0.25) is 0 Å². The van der Waals surface area contributed by atoms with Crippen molar-refractivity contribution in [3.63, 3.8) is 0 Å². The number of amides is 1. The average molecular weight is 451 g/mol. The van der Waals surface area contributed by atoms with Crippen LogP contribution in [0.3, 0.4) is 0 Å². The van der Waals surface area contributed by atoms with Crippen molar-refractivity contribution in [2.75, 3.05) is 13.1 Å². The molecule has 1 fully saturated rings. The Kier molecular flexibility index (Phi) is 5.86. The van der Waals surface area contributed by atoms with Gasteiger partial charge in [0, 0.05) is 26.7 Å². The van der Waals surface area contributed by atoms with E-state index >= 15 is 0 Å². The second kappa shape index (κ2) is 7.22. The maximum atomic E-state index is 12.8. The molecule has 1 aliphatic rings. The van der Waals surface area contributed by atoms with Crippen LogP contribution in [0.25, 0.3) is 0 Å². The number of nitrogens with zero attached hydrogens (tertiary/aromatic N) is 1. The van der Waals surface area contributed by atoms with E-state index in [0.717, 1.165) is 33.1 Å². The molecule has 1 heterocycles. The summed E-state index contributed by atoms with van der Waals surface area (Å²) in [6.45, 7) is 6.02. The molecular formula is C15H20BrIN2O. The second-order valence-corrected chi connectivity index (χ2v) is 7.55. The van der Waals surface area contributed by atoms with Gasteiger partial charge in [0.25, 0.3) is 5.91 Å². The Labute approximate surface area is 142 Å². The molecular weight excluding hydrogens is 431 g/mol. The number of rotatable bonds is 4. The molecule has 1 saturated heterocycles. The lowest BCUT2D eigenvalue weighted by atomic mass is 10.1. The number of carbonyl (C=O) groups is 1. The van der Waals surface area contributed by atoms with Crippen LogP contribution in [0.1, 0.15) is 37.0 Å². The van der Waals surface area contributed by atoms with Crippen LogP contribution in [0.15, 0.2) is 22.7 Å². The predicted octanol–water partition coefficient (Wildman–Crippen LogP) is 3.66. The lowest BCUT2D eigenvalue weighted by Gasteiger charge is -2.30. The first-order valence-electron chi connectivity index (χ1n) is 6.98. The van der Waals surface area contributed by atoms with Crippen LogP contribution in [0.5, 0.6) is 0 Å². The Morgan fingerprint density at radius 3 is 2.90 bits per heavy atom. The molecule has 0 spiro atoms. The third kappa shape index (κ3) is 3.95. The van der Waals surface area contributed by atoms with Crippen LogP contribution >= 0.6 is 38.5 Å². The zero-order chi connectivity index (χ0) is 14.7. The number of benzene rings is 1. The summed E-state index contributed by atoms with van der Waals surface area (Å²) in [5, 5.41) is 3.47. The monoisotopic (exact) mass is 450 g/mol. The van der Waals surface area contributed by atoms with Gasteiger partial charge >= 0.3 is 0 Å². The molecule has 1 aliphatic heterocycles. The highest BCUT2D eigenvalue weighted by molar-refractivity contribution is 14.1. The van der Waals surface area contributed by atoms with Gasteiger partial charge in [-0.3, -0.25) is 4.79 Å². The fourth-order valence-electron chi connectivity index (χ4n) is 2.49. The maximum Gasteiger partial charge on any atom is 0.255 e. The highest BCUT2D eigenvalue weighted by Gasteiger charge is 2.25. The van der Waals surface area contributed by atoms with Crippen LogP contribution in [0.4, 0.5) is 0 Å². The average Bonchev–Trinajstić information content (AvgIpc) is 2.90. The summed E-state index contributed by atoms with van der Waals surface area (Å²) in [6, 6.07) is 6.51. The van der Waals surface area contributed by atoms with Crippen LogP contribution in [0, 0.1) is 3.57 Å². The van der Waals surface area contributed by atoms with Crippen LogP contribution in [-0.4, -0.2) is 36.0 Å². The van der Waals surface area contributed by atoms with E-state index < -0.39 is 0 Å². The SMILES string of the molecule is CC(C)N(CC1CCCN1)C(=O)c1cc(Br)ccc1I. The van der Waals surface area contributed by atoms with Crippen molar-refractivity contribution in [3.05, 3.63) is 31.8 Å². The third-order valence-electron chi connectivity index (χ3n) is 3.62. The summed E-state index contributed by atoms with van der Waals surface area (Å²) >= 11 is 5.68. The molecule has 1 unspecified atom stereocenters. The Balaban J connectivity index is 2.19. The van der Waals surface area contributed by atoms with E-state index in [-0.39, 0.29) is 11.9 Å². The van der Waals surface area contributed by atoms with Crippen molar-refractivity contribution in [1.29, 1.82) is 0 Å². The minimum atomic E-state index is 0.124. The van der Waals surface area contributed by atoms with Crippen LogP contribution in [-0.2, 0) is 0 Å². The van der Waals surface area contributed by atoms with Crippen molar-refractivity contribution in [1.82, 2.24) is 10.2 Å². The highest BCUT2D eigenvalue weighted by Crippen LogP contribution is 2.21. The highest BCUT2D eigenvalue weighted by atomic mass is 127. The van der Waals surface area contributed by atoms with E-state index in [1.54, 1.807) is 0 Å². The molecule has 3 nitrogen and oxygen atoms in total. The number of hydrogen-bond donors (Lipinski definition) is 1. The van der Waals surface area contributed by atoms with Gasteiger partial charge in [0.1, 0.15) is 0 Å². The molecule has 0 saturated carbocycles.